The summed E-state index contributed by atoms with van der Waals surface area (Å²) in [5.41, 5.74) is 8.49. The van der Waals surface area contributed by atoms with Crippen molar-refractivity contribution in [3.05, 3.63) is 120 Å². The van der Waals surface area contributed by atoms with Gasteiger partial charge in [-0.05, 0) is 67.2 Å². The fourth-order valence-corrected chi connectivity index (χ4v) is 8.16. The van der Waals surface area contributed by atoms with Crippen molar-refractivity contribution in [3.63, 3.8) is 0 Å². The number of benzene rings is 3. The maximum atomic E-state index is 11.7. The minimum atomic E-state index is 0. The molecule has 4 nitrogen and oxygen atoms in total. The molecule has 6 heteroatoms. The zero-order valence-electron chi connectivity index (χ0n) is 28.6. The minimum absolute atomic E-state index is 0. The molecule has 0 saturated heterocycles. The van der Waals surface area contributed by atoms with Crippen LogP contribution >= 0.6 is 11.3 Å². The first-order valence-electron chi connectivity index (χ1n) is 17.3. The summed E-state index contributed by atoms with van der Waals surface area (Å²) in [5, 5.41) is 13.4. The molecule has 0 aliphatic heterocycles. The van der Waals surface area contributed by atoms with E-state index in [0.29, 0.717) is 0 Å². The number of carbonyl (C=O) groups is 1. The van der Waals surface area contributed by atoms with Gasteiger partial charge in [-0.25, -0.2) is 0 Å². The van der Waals surface area contributed by atoms with Crippen LogP contribution in [0, 0.1) is 17.9 Å². The van der Waals surface area contributed by atoms with Crippen molar-refractivity contribution >= 4 is 38.0 Å². The zero-order chi connectivity index (χ0) is 33.6. The monoisotopic (exact) mass is 844 g/mol. The molecule has 3 aromatic carbocycles. The fraction of sp³-hybridized carbons (Fsp3) is 0.279. The van der Waals surface area contributed by atoms with Crippen LogP contribution in [0.1, 0.15) is 63.8 Å². The van der Waals surface area contributed by atoms with Gasteiger partial charge in [0.1, 0.15) is 0 Å². The summed E-state index contributed by atoms with van der Waals surface area (Å²) >= 11 is 1.88. The number of aromatic nitrogens is 2. The first-order chi connectivity index (χ1) is 23.5. The van der Waals surface area contributed by atoms with Crippen LogP contribution in [0.25, 0.3) is 54.4 Å². The van der Waals surface area contributed by atoms with Crippen molar-refractivity contribution < 1.29 is 30.0 Å². The van der Waals surface area contributed by atoms with E-state index in [1.807, 2.05) is 57.6 Å². The van der Waals surface area contributed by atoms with E-state index in [1.165, 1.54) is 54.2 Å². The molecular weight excluding hydrogens is 801 g/mol. The number of pyridine rings is 2. The number of carbonyl (C=O) groups excluding carboxylic acids is 1. The smallest absolute Gasteiger partial charge is 0.162 e. The summed E-state index contributed by atoms with van der Waals surface area (Å²) in [4.78, 5) is 22.5. The number of aliphatic hydroxyl groups excluding tert-OH is 1. The van der Waals surface area contributed by atoms with Crippen LogP contribution in [-0.2, 0) is 37.7 Å². The van der Waals surface area contributed by atoms with Crippen molar-refractivity contribution in [2.24, 2.45) is 11.8 Å². The van der Waals surface area contributed by atoms with Gasteiger partial charge in [-0.2, -0.15) is 0 Å². The second-order valence-electron chi connectivity index (χ2n) is 12.5. The second-order valence-corrected chi connectivity index (χ2v) is 13.6. The van der Waals surface area contributed by atoms with Crippen molar-refractivity contribution in [1.82, 2.24) is 9.97 Å². The summed E-state index contributed by atoms with van der Waals surface area (Å²) in [6, 6.07) is 29.4. The molecule has 0 unspecified atom stereocenters. The van der Waals surface area contributed by atoms with Gasteiger partial charge < -0.3 is 5.11 Å². The Balaban J connectivity index is 0.000000252. The first kappa shape index (κ1) is 36.3. The number of hydrogen-bond acceptors (Lipinski definition) is 5. The molecule has 1 aliphatic rings. The van der Waals surface area contributed by atoms with E-state index in [-0.39, 0.29) is 43.5 Å². The van der Waals surface area contributed by atoms with Gasteiger partial charge in [-0.15, -0.1) is 34.9 Å². The Labute approximate surface area is 307 Å². The molecule has 0 fully saturated rings. The number of ketones is 1. The van der Waals surface area contributed by atoms with E-state index >= 15 is 0 Å². The normalized spacial score (nSPS) is 12.3. The number of aryl methyl sites for hydroxylation is 2. The molecule has 0 amide bonds. The molecule has 1 N–H and O–H groups in total. The average Bonchev–Trinajstić information content (AvgIpc) is 3.52. The molecule has 0 saturated carbocycles. The van der Waals surface area contributed by atoms with Crippen molar-refractivity contribution in [1.29, 1.82) is 0 Å². The van der Waals surface area contributed by atoms with E-state index in [4.69, 9.17) is 4.98 Å². The summed E-state index contributed by atoms with van der Waals surface area (Å²) in [7, 11) is 0. The summed E-state index contributed by atoms with van der Waals surface area (Å²) < 4.78 is 1.24. The third-order valence-corrected chi connectivity index (χ3v) is 10.9. The van der Waals surface area contributed by atoms with Gasteiger partial charge in [0.05, 0.1) is 5.76 Å². The van der Waals surface area contributed by atoms with Crippen molar-refractivity contribution in [2.45, 2.75) is 66.2 Å². The molecule has 0 atom stereocenters. The van der Waals surface area contributed by atoms with Crippen LogP contribution in [0.2, 0.25) is 0 Å². The van der Waals surface area contributed by atoms with E-state index in [9.17, 15) is 9.90 Å². The Bertz CT molecular complexity index is 2080. The minimum Gasteiger partial charge on any atom is -0.512 e. The van der Waals surface area contributed by atoms with Crippen LogP contribution in [0.4, 0.5) is 0 Å². The molecule has 0 bridgehead atoms. The number of rotatable bonds is 9. The number of fused-ring (bicyclic) bond motifs is 6. The number of thiophene rings is 1. The molecule has 1 aliphatic carbocycles. The third-order valence-electron chi connectivity index (χ3n) is 9.68. The van der Waals surface area contributed by atoms with Crippen LogP contribution in [0.15, 0.2) is 103 Å². The van der Waals surface area contributed by atoms with E-state index in [0.717, 1.165) is 55.2 Å². The predicted octanol–water partition coefficient (Wildman–Crippen LogP) is 11.6. The molecular formula is C43H43IrN2O2S-. The number of nitrogens with zero attached hydrogens (tertiary/aromatic N) is 2. The van der Waals surface area contributed by atoms with E-state index < -0.39 is 0 Å². The maximum Gasteiger partial charge on any atom is 0.162 e. The first-order valence-corrected chi connectivity index (χ1v) is 18.1. The number of hydrogen-bond donors (Lipinski definition) is 1. The summed E-state index contributed by atoms with van der Waals surface area (Å²) in [6.07, 6.45) is 12.9. The Hall–Kier alpha value is -3.96. The standard InChI is InChI=1S/C30H19N2S.C13H24O2.Ir/c1-2-6-19(7-3-1)25-17-22(16-21-8-4-5-9-23(21)25)29-30-24(13-15-32-29)28-26-18-31-14-12-20(26)10-11-27(28)33-30;1-5-10(6-2)12(14)9-13(15)11(7-3)8-4;/h1-9,12-15,17-18H,10-11H2;9-11,14H,5-8H2,1-4H3;/q-1;;/b;12-9-;. The Morgan fingerprint density at radius 1 is 0.857 bits per heavy atom. The second kappa shape index (κ2) is 16.6. The maximum absolute atomic E-state index is 11.7. The van der Waals surface area contributed by atoms with Crippen molar-refractivity contribution in [3.8, 4) is 33.5 Å². The van der Waals surface area contributed by atoms with E-state index in [2.05, 4.69) is 83.8 Å². The van der Waals surface area contributed by atoms with Gasteiger partial charge in [-0.1, -0.05) is 92.7 Å². The van der Waals surface area contributed by atoms with Gasteiger partial charge in [0.15, 0.2) is 5.78 Å². The average molecular weight is 844 g/mol. The molecule has 1 radical (unpaired) electrons. The van der Waals surface area contributed by atoms with Crippen LogP contribution < -0.4 is 0 Å². The molecule has 253 valence electrons. The topological polar surface area (TPSA) is 63.1 Å². The summed E-state index contributed by atoms with van der Waals surface area (Å²) in [6.45, 7) is 8.07. The molecule has 6 aromatic rings. The molecule has 3 aromatic heterocycles. The van der Waals surface area contributed by atoms with Gasteiger partial charge in [-0.3, -0.25) is 14.8 Å². The van der Waals surface area contributed by atoms with Gasteiger partial charge in [0.25, 0.3) is 0 Å². The van der Waals surface area contributed by atoms with Crippen LogP contribution in [-0.4, -0.2) is 20.9 Å². The van der Waals surface area contributed by atoms with Gasteiger partial charge in [0, 0.05) is 83.0 Å². The quantitative estimate of drug-likeness (QED) is 0.0895. The number of allylic oxidation sites excluding steroid dienone is 2. The largest absolute Gasteiger partial charge is 0.512 e. The Kier molecular flexibility index (Phi) is 12.3. The van der Waals surface area contributed by atoms with Crippen LogP contribution in [0.3, 0.4) is 0 Å². The fourth-order valence-electron chi connectivity index (χ4n) is 6.84. The summed E-state index contributed by atoms with van der Waals surface area (Å²) in [5.74, 6) is 0.547. The van der Waals surface area contributed by atoms with Gasteiger partial charge in [0.2, 0.25) is 0 Å². The van der Waals surface area contributed by atoms with Crippen molar-refractivity contribution in [2.75, 3.05) is 0 Å². The molecule has 3 heterocycles. The SMILES string of the molecule is CCC(CC)C(=O)/C=C(\O)C(CC)CC.[Ir].[c-]1c(-c2nccc3c4c(sc23)CCc2ccncc2-4)cc(-c2ccccc2)c2ccccc12. The zero-order valence-corrected chi connectivity index (χ0v) is 31.8. The van der Waals surface area contributed by atoms with E-state index in [1.54, 1.807) is 0 Å². The third kappa shape index (κ3) is 7.62. The Morgan fingerprint density at radius 3 is 2.31 bits per heavy atom. The molecule has 49 heavy (non-hydrogen) atoms. The molecule has 7 rings (SSSR count). The molecule has 0 spiro atoms. The Morgan fingerprint density at radius 2 is 1.57 bits per heavy atom. The van der Waals surface area contributed by atoms with Crippen LogP contribution in [0.5, 0.6) is 0 Å². The van der Waals surface area contributed by atoms with Gasteiger partial charge >= 0.3 is 0 Å². The predicted molar refractivity (Wildman–Crippen MR) is 201 cm³/mol. The number of aliphatic hydroxyl groups is 1.